The first kappa shape index (κ1) is 18.9. The number of carbonyl (C=O) groups excluding carboxylic acids is 1. The minimum absolute atomic E-state index is 0.0821. The Bertz CT molecular complexity index is 1190. The van der Waals surface area contributed by atoms with E-state index in [0.29, 0.717) is 5.75 Å². The fourth-order valence-corrected chi connectivity index (χ4v) is 4.74. The predicted molar refractivity (Wildman–Crippen MR) is 121 cm³/mol. The molecule has 0 atom stereocenters. The fourth-order valence-electron chi connectivity index (χ4n) is 3.91. The highest BCUT2D eigenvalue weighted by Crippen LogP contribution is 2.29. The molecule has 1 fully saturated rings. The third kappa shape index (κ3) is 3.50. The SMILES string of the molecule is Cc1ccc(-n2c(SCC(=O)c3c[nH]c4ccccc34)nnc2N2CCCC2)cc1. The quantitative estimate of drug-likeness (QED) is 0.366. The normalized spacial score (nSPS) is 14.0. The third-order valence-corrected chi connectivity index (χ3v) is 6.45. The van der Waals surface area contributed by atoms with Crippen molar-refractivity contribution in [3.63, 3.8) is 0 Å². The second kappa shape index (κ2) is 7.99. The zero-order chi connectivity index (χ0) is 20.5. The summed E-state index contributed by atoms with van der Waals surface area (Å²) in [6, 6.07) is 16.2. The Hall–Kier alpha value is -3.06. The molecule has 3 heterocycles. The smallest absolute Gasteiger partial charge is 0.232 e. The lowest BCUT2D eigenvalue weighted by Gasteiger charge is -2.18. The molecule has 30 heavy (non-hydrogen) atoms. The van der Waals surface area contributed by atoms with Crippen LogP contribution in [0.25, 0.3) is 16.6 Å². The molecule has 7 heteroatoms. The van der Waals surface area contributed by atoms with Crippen molar-refractivity contribution < 1.29 is 4.79 Å². The maximum atomic E-state index is 12.9. The molecule has 4 aromatic rings. The maximum absolute atomic E-state index is 12.9. The minimum atomic E-state index is 0.0821. The van der Waals surface area contributed by atoms with Gasteiger partial charge in [-0.2, -0.15) is 0 Å². The van der Waals surface area contributed by atoms with Crippen LogP contribution in [-0.4, -0.2) is 44.4 Å². The summed E-state index contributed by atoms with van der Waals surface area (Å²) in [4.78, 5) is 18.4. The van der Waals surface area contributed by atoms with Gasteiger partial charge < -0.3 is 9.88 Å². The Morgan fingerprint density at radius 1 is 1.07 bits per heavy atom. The van der Waals surface area contributed by atoms with Crippen molar-refractivity contribution in [2.75, 3.05) is 23.7 Å². The van der Waals surface area contributed by atoms with Crippen LogP contribution < -0.4 is 4.90 Å². The van der Waals surface area contributed by atoms with Crippen molar-refractivity contribution in [1.29, 1.82) is 0 Å². The number of rotatable bonds is 6. The number of aromatic amines is 1. The van der Waals surface area contributed by atoms with E-state index in [1.165, 1.54) is 30.2 Å². The first-order valence-corrected chi connectivity index (χ1v) is 11.2. The molecule has 1 N–H and O–H groups in total. The number of hydrogen-bond acceptors (Lipinski definition) is 5. The second-order valence-electron chi connectivity index (χ2n) is 7.61. The van der Waals surface area contributed by atoms with Crippen molar-refractivity contribution >= 4 is 34.4 Å². The van der Waals surface area contributed by atoms with Crippen LogP contribution in [0.5, 0.6) is 0 Å². The number of nitrogens with one attached hydrogen (secondary N) is 1. The number of aromatic nitrogens is 4. The maximum Gasteiger partial charge on any atom is 0.232 e. The Kier molecular flexibility index (Phi) is 5.04. The van der Waals surface area contributed by atoms with Gasteiger partial charge in [-0.25, -0.2) is 0 Å². The van der Waals surface area contributed by atoms with Gasteiger partial charge in [0, 0.05) is 35.8 Å². The number of anilines is 1. The predicted octanol–water partition coefficient (Wildman–Crippen LogP) is 4.63. The molecule has 0 radical (unpaired) electrons. The van der Waals surface area contributed by atoms with Gasteiger partial charge >= 0.3 is 0 Å². The van der Waals surface area contributed by atoms with Gasteiger partial charge in [-0.15, -0.1) is 10.2 Å². The van der Waals surface area contributed by atoms with Crippen LogP contribution >= 0.6 is 11.8 Å². The number of benzene rings is 2. The number of aryl methyl sites for hydroxylation is 1. The third-order valence-electron chi connectivity index (χ3n) is 5.52. The molecule has 0 unspecified atom stereocenters. The van der Waals surface area contributed by atoms with E-state index >= 15 is 0 Å². The number of thioether (sulfide) groups is 1. The van der Waals surface area contributed by atoms with Gasteiger partial charge in [0.15, 0.2) is 10.9 Å². The molecule has 0 aliphatic carbocycles. The van der Waals surface area contributed by atoms with Gasteiger partial charge in [0.2, 0.25) is 5.95 Å². The molecule has 1 saturated heterocycles. The number of ketones is 1. The van der Waals surface area contributed by atoms with E-state index in [2.05, 4.69) is 55.8 Å². The molecule has 6 nitrogen and oxygen atoms in total. The van der Waals surface area contributed by atoms with E-state index in [0.717, 1.165) is 46.3 Å². The zero-order valence-corrected chi connectivity index (χ0v) is 17.7. The van der Waals surface area contributed by atoms with E-state index in [1.54, 1.807) is 6.20 Å². The van der Waals surface area contributed by atoms with Gasteiger partial charge in [0.05, 0.1) is 11.4 Å². The minimum Gasteiger partial charge on any atom is -0.360 e. The summed E-state index contributed by atoms with van der Waals surface area (Å²) in [5, 5.41) is 10.6. The van der Waals surface area contributed by atoms with Crippen LogP contribution in [-0.2, 0) is 0 Å². The average Bonchev–Trinajstić information content (AvgIpc) is 3.51. The topological polar surface area (TPSA) is 66.8 Å². The fraction of sp³-hybridized carbons (Fsp3) is 0.261. The molecule has 0 saturated carbocycles. The summed E-state index contributed by atoms with van der Waals surface area (Å²) >= 11 is 1.44. The number of para-hydroxylation sites is 1. The monoisotopic (exact) mass is 417 g/mol. The first-order chi connectivity index (χ1) is 14.7. The zero-order valence-electron chi connectivity index (χ0n) is 16.8. The van der Waals surface area contributed by atoms with E-state index in [9.17, 15) is 4.79 Å². The lowest BCUT2D eigenvalue weighted by Crippen LogP contribution is -2.22. The highest BCUT2D eigenvalue weighted by molar-refractivity contribution is 7.99. The molecule has 5 rings (SSSR count). The van der Waals surface area contributed by atoms with E-state index < -0.39 is 0 Å². The highest BCUT2D eigenvalue weighted by atomic mass is 32.2. The Morgan fingerprint density at radius 2 is 1.83 bits per heavy atom. The summed E-state index contributed by atoms with van der Waals surface area (Å²) in [6.07, 6.45) is 4.14. The highest BCUT2D eigenvalue weighted by Gasteiger charge is 2.23. The number of carbonyl (C=O) groups is 1. The van der Waals surface area contributed by atoms with Crippen molar-refractivity contribution in [3.8, 4) is 5.69 Å². The lowest BCUT2D eigenvalue weighted by molar-refractivity contribution is 0.102. The molecule has 0 bridgehead atoms. The molecular formula is C23H23N5OS. The number of hydrogen-bond donors (Lipinski definition) is 1. The molecule has 0 amide bonds. The van der Waals surface area contributed by atoms with Crippen LogP contribution in [0, 0.1) is 6.92 Å². The Labute approximate surface area is 179 Å². The van der Waals surface area contributed by atoms with Gasteiger partial charge in [-0.05, 0) is 38.0 Å². The van der Waals surface area contributed by atoms with Crippen LogP contribution in [0.3, 0.4) is 0 Å². The molecule has 1 aliphatic rings. The molecule has 1 aliphatic heterocycles. The summed E-state index contributed by atoms with van der Waals surface area (Å²) in [6.45, 7) is 4.05. The van der Waals surface area contributed by atoms with Gasteiger partial charge in [-0.1, -0.05) is 47.7 Å². The van der Waals surface area contributed by atoms with Gasteiger partial charge in [0.25, 0.3) is 0 Å². The van der Waals surface area contributed by atoms with Crippen LogP contribution in [0.1, 0.15) is 28.8 Å². The number of Topliss-reactive ketones (excluding diaryl/α,β-unsaturated/α-hetero) is 1. The number of fused-ring (bicyclic) bond motifs is 1. The molecular weight excluding hydrogens is 394 g/mol. The van der Waals surface area contributed by atoms with E-state index in [-0.39, 0.29) is 5.78 Å². The summed E-state index contributed by atoms with van der Waals surface area (Å²) in [7, 11) is 0. The van der Waals surface area contributed by atoms with Gasteiger partial charge in [0.1, 0.15) is 0 Å². The van der Waals surface area contributed by atoms with Crippen molar-refractivity contribution in [2.24, 2.45) is 0 Å². The van der Waals surface area contributed by atoms with Crippen LogP contribution in [0.2, 0.25) is 0 Å². The number of H-pyrrole nitrogens is 1. The Balaban J connectivity index is 1.44. The Morgan fingerprint density at radius 3 is 2.63 bits per heavy atom. The van der Waals surface area contributed by atoms with Gasteiger partial charge in [-0.3, -0.25) is 9.36 Å². The van der Waals surface area contributed by atoms with Crippen LogP contribution in [0.4, 0.5) is 5.95 Å². The average molecular weight is 418 g/mol. The van der Waals surface area contributed by atoms with Crippen molar-refractivity contribution in [3.05, 3.63) is 65.9 Å². The summed E-state index contributed by atoms with van der Waals surface area (Å²) in [5.41, 5.74) is 3.93. The lowest BCUT2D eigenvalue weighted by atomic mass is 10.1. The van der Waals surface area contributed by atoms with Crippen LogP contribution in [0.15, 0.2) is 59.9 Å². The number of nitrogens with zero attached hydrogens (tertiary/aromatic N) is 4. The van der Waals surface area contributed by atoms with E-state index in [4.69, 9.17) is 0 Å². The molecule has 2 aromatic heterocycles. The standard InChI is InChI=1S/C23H23N5OS/c1-16-8-10-17(11-9-16)28-22(27-12-4-5-13-27)25-26-23(28)30-15-21(29)19-14-24-20-7-3-2-6-18(19)20/h2-3,6-11,14,24H,4-5,12-13,15H2,1H3. The second-order valence-corrected chi connectivity index (χ2v) is 8.55. The van der Waals surface area contributed by atoms with Crippen molar-refractivity contribution in [2.45, 2.75) is 24.9 Å². The first-order valence-electron chi connectivity index (χ1n) is 10.2. The molecule has 2 aromatic carbocycles. The largest absolute Gasteiger partial charge is 0.360 e. The van der Waals surface area contributed by atoms with Crippen molar-refractivity contribution in [1.82, 2.24) is 19.7 Å². The molecule has 152 valence electrons. The summed E-state index contributed by atoms with van der Waals surface area (Å²) < 4.78 is 2.08. The summed E-state index contributed by atoms with van der Waals surface area (Å²) in [5.74, 6) is 1.25. The molecule has 0 spiro atoms. The van der Waals surface area contributed by atoms with E-state index in [1.807, 2.05) is 24.3 Å².